The number of hydrogen-bond donors (Lipinski definition) is 0. The van der Waals surface area contributed by atoms with Crippen molar-refractivity contribution in [3.8, 4) is 0 Å². The van der Waals surface area contributed by atoms with Crippen molar-refractivity contribution in [2.45, 2.75) is 59.8 Å². The first-order chi connectivity index (χ1) is 8.61. The van der Waals surface area contributed by atoms with Gasteiger partial charge in [-0.25, -0.2) is 0 Å². The van der Waals surface area contributed by atoms with E-state index in [1.165, 1.54) is 24.1 Å². The van der Waals surface area contributed by atoms with Crippen LogP contribution >= 0.6 is 0 Å². The van der Waals surface area contributed by atoms with Crippen LogP contribution in [-0.2, 0) is 0 Å². The average Bonchev–Trinajstić information content (AvgIpc) is 2.33. The fourth-order valence-electron chi connectivity index (χ4n) is 1.83. The SMILES string of the molecule is C=C(C)N(CCCC)C/C(C)=C/CC/C=C\CC. The van der Waals surface area contributed by atoms with Crippen LogP contribution in [-0.4, -0.2) is 18.0 Å². The highest BCUT2D eigenvalue weighted by Gasteiger charge is 2.03. The first-order valence-corrected chi connectivity index (χ1v) is 7.32. The molecule has 0 unspecified atom stereocenters. The van der Waals surface area contributed by atoms with E-state index in [-0.39, 0.29) is 0 Å². The monoisotopic (exact) mass is 249 g/mol. The van der Waals surface area contributed by atoms with Crippen LogP contribution in [0.5, 0.6) is 0 Å². The van der Waals surface area contributed by atoms with E-state index in [1.54, 1.807) is 0 Å². The van der Waals surface area contributed by atoms with Gasteiger partial charge in [-0.2, -0.15) is 0 Å². The van der Waals surface area contributed by atoms with E-state index in [9.17, 15) is 0 Å². The van der Waals surface area contributed by atoms with Crippen LogP contribution in [0.25, 0.3) is 0 Å². The van der Waals surface area contributed by atoms with E-state index in [4.69, 9.17) is 0 Å². The van der Waals surface area contributed by atoms with Crippen molar-refractivity contribution in [2.24, 2.45) is 0 Å². The van der Waals surface area contributed by atoms with Gasteiger partial charge in [0.15, 0.2) is 0 Å². The number of unbranched alkanes of at least 4 members (excludes halogenated alkanes) is 2. The summed E-state index contributed by atoms with van der Waals surface area (Å²) in [6.45, 7) is 15.0. The third-order valence-electron chi connectivity index (χ3n) is 2.99. The van der Waals surface area contributed by atoms with Gasteiger partial charge < -0.3 is 4.90 Å². The molecule has 104 valence electrons. The molecule has 0 bridgehead atoms. The molecule has 0 aromatic rings. The highest BCUT2D eigenvalue weighted by Crippen LogP contribution is 2.09. The van der Waals surface area contributed by atoms with E-state index < -0.39 is 0 Å². The summed E-state index contributed by atoms with van der Waals surface area (Å²) in [5.74, 6) is 0. The molecule has 0 rings (SSSR count). The van der Waals surface area contributed by atoms with Crippen LogP contribution in [0.3, 0.4) is 0 Å². The molecule has 1 heteroatoms. The minimum atomic E-state index is 1.03. The third-order valence-corrected chi connectivity index (χ3v) is 2.99. The Labute approximate surface area is 114 Å². The van der Waals surface area contributed by atoms with Crippen molar-refractivity contribution in [3.05, 3.63) is 36.1 Å². The van der Waals surface area contributed by atoms with E-state index >= 15 is 0 Å². The molecule has 18 heavy (non-hydrogen) atoms. The quantitative estimate of drug-likeness (QED) is 0.374. The lowest BCUT2D eigenvalue weighted by Gasteiger charge is -2.25. The first kappa shape index (κ1) is 17.0. The smallest absolute Gasteiger partial charge is 0.0382 e. The zero-order chi connectivity index (χ0) is 13.8. The first-order valence-electron chi connectivity index (χ1n) is 7.32. The minimum absolute atomic E-state index is 1.03. The predicted molar refractivity (Wildman–Crippen MR) is 83.7 cm³/mol. The summed E-state index contributed by atoms with van der Waals surface area (Å²) in [6.07, 6.45) is 12.8. The lowest BCUT2D eigenvalue weighted by Crippen LogP contribution is -2.24. The molecule has 1 nitrogen and oxygen atoms in total. The van der Waals surface area contributed by atoms with Crippen LogP contribution in [0.15, 0.2) is 36.1 Å². The molecule has 0 aromatic carbocycles. The van der Waals surface area contributed by atoms with E-state index in [0.717, 1.165) is 32.4 Å². The Bertz CT molecular complexity index is 273. The predicted octanol–water partition coefficient (Wildman–Crippen LogP) is 5.31. The van der Waals surface area contributed by atoms with E-state index in [0.29, 0.717) is 0 Å². The molecule has 0 fully saturated rings. The summed E-state index contributed by atoms with van der Waals surface area (Å²) in [5, 5.41) is 0. The molecule has 0 aliphatic rings. The summed E-state index contributed by atoms with van der Waals surface area (Å²) >= 11 is 0. The van der Waals surface area contributed by atoms with Crippen LogP contribution in [0.2, 0.25) is 0 Å². The molecule has 0 aliphatic carbocycles. The molecule has 0 aliphatic heterocycles. The second-order valence-electron chi connectivity index (χ2n) is 5.02. The minimum Gasteiger partial charge on any atom is -0.372 e. The number of nitrogens with zero attached hydrogens (tertiary/aromatic N) is 1. The zero-order valence-corrected chi connectivity index (χ0v) is 12.8. The fourth-order valence-corrected chi connectivity index (χ4v) is 1.83. The third kappa shape index (κ3) is 9.09. The Morgan fingerprint density at radius 3 is 2.39 bits per heavy atom. The van der Waals surface area contributed by atoms with Gasteiger partial charge in [-0.3, -0.25) is 0 Å². The van der Waals surface area contributed by atoms with E-state index in [1.807, 2.05) is 0 Å². The van der Waals surface area contributed by atoms with Gasteiger partial charge in [0.25, 0.3) is 0 Å². The Hall–Kier alpha value is -0.980. The van der Waals surface area contributed by atoms with Crippen molar-refractivity contribution in [1.82, 2.24) is 4.90 Å². The average molecular weight is 249 g/mol. The van der Waals surface area contributed by atoms with Gasteiger partial charge in [0.2, 0.25) is 0 Å². The maximum Gasteiger partial charge on any atom is 0.0382 e. The summed E-state index contributed by atoms with van der Waals surface area (Å²) < 4.78 is 0. The van der Waals surface area contributed by atoms with Crippen molar-refractivity contribution >= 4 is 0 Å². The van der Waals surface area contributed by atoms with Gasteiger partial charge in [-0.05, 0) is 39.5 Å². The van der Waals surface area contributed by atoms with Crippen LogP contribution < -0.4 is 0 Å². The van der Waals surface area contributed by atoms with Gasteiger partial charge in [0.1, 0.15) is 0 Å². The summed E-state index contributed by atoms with van der Waals surface area (Å²) in [5.41, 5.74) is 2.64. The second kappa shape index (κ2) is 11.1. The van der Waals surface area contributed by atoms with Gasteiger partial charge in [-0.15, -0.1) is 0 Å². The largest absolute Gasteiger partial charge is 0.372 e. The molecule has 0 heterocycles. The highest BCUT2D eigenvalue weighted by atomic mass is 15.1. The molecule has 0 radical (unpaired) electrons. The lowest BCUT2D eigenvalue weighted by atomic mass is 10.1. The van der Waals surface area contributed by atoms with Crippen LogP contribution in [0, 0.1) is 0 Å². The number of allylic oxidation sites excluding steroid dienone is 4. The molecule has 0 saturated carbocycles. The zero-order valence-electron chi connectivity index (χ0n) is 12.8. The molecule has 0 N–H and O–H groups in total. The highest BCUT2D eigenvalue weighted by molar-refractivity contribution is 5.05. The maximum absolute atomic E-state index is 4.07. The molecule has 0 saturated heterocycles. The van der Waals surface area contributed by atoms with Crippen molar-refractivity contribution in [2.75, 3.05) is 13.1 Å². The van der Waals surface area contributed by atoms with E-state index in [2.05, 4.69) is 57.4 Å². The van der Waals surface area contributed by atoms with Crippen molar-refractivity contribution < 1.29 is 0 Å². The number of hydrogen-bond acceptors (Lipinski definition) is 1. The molecular weight excluding hydrogens is 218 g/mol. The summed E-state index contributed by atoms with van der Waals surface area (Å²) in [6, 6.07) is 0. The molecule has 0 spiro atoms. The Morgan fingerprint density at radius 2 is 1.83 bits per heavy atom. The van der Waals surface area contributed by atoms with Gasteiger partial charge in [-0.1, -0.05) is 50.6 Å². The topological polar surface area (TPSA) is 3.24 Å². The summed E-state index contributed by atoms with van der Waals surface area (Å²) in [7, 11) is 0. The fraction of sp³-hybridized carbons (Fsp3) is 0.647. The van der Waals surface area contributed by atoms with Gasteiger partial charge >= 0.3 is 0 Å². The second-order valence-corrected chi connectivity index (χ2v) is 5.02. The summed E-state index contributed by atoms with van der Waals surface area (Å²) in [4.78, 5) is 2.39. The number of rotatable bonds is 10. The van der Waals surface area contributed by atoms with Gasteiger partial charge in [0.05, 0.1) is 0 Å². The Kier molecular flexibility index (Phi) is 10.5. The Morgan fingerprint density at radius 1 is 1.11 bits per heavy atom. The molecule has 0 aromatic heterocycles. The van der Waals surface area contributed by atoms with Crippen molar-refractivity contribution in [3.63, 3.8) is 0 Å². The Balaban J connectivity index is 4.06. The standard InChI is InChI=1S/C17H31N/c1-6-8-10-11-12-13-17(5)15-18(16(3)4)14-9-7-2/h8,10,13H,3,6-7,9,11-12,14-15H2,1-2,4-5H3/b10-8-,17-13+. The molecular formula is C17H31N. The van der Waals surface area contributed by atoms with Crippen LogP contribution in [0.1, 0.15) is 59.8 Å². The van der Waals surface area contributed by atoms with Crippen LogP contribution in [0.4, 0.5) is 0 Å². The van der Waals surface area contributed by atoms with Gasteiger partial charge in [0, 0.05) is 18.8 Å². The van der Waals surface area contributed by atoms with Crippen molar-refractivity contribution in [1.29, 1.82) is 0 Å². The molecule has 0 atom stereocenters. The maximum atomic E-state index is 4.07. The normalized spacial score (nSPS) is 12.1. The molecule has 0 amide bonds. The lowest BCUT2D eigenvalue weighted by molar-refractivity contribution is 0.365.